The second-order valence-electron chi connectivity index (χ2n) is 3.68. The third-order valence-electron chi connectivity index (χ3n) is 2.10. The van der Waals surface area contributed by atoms with Gasteiger partial charge in [0.15, 0.2) is 12.2 Å². The molecule has 0 radical (unpaired) electrons. The molecule has 15 heavy (non-hydrogen) atoms. The van der Waals surface area contributed by atoms with Crippen LogP contribution in [0.1, 0.15) is 19.5 Å². The molecule has 0 atom stereocenters. The van der Waals surface area contributed by atoms with Crippen molar-refractivity contribution in [2.45, 2.75) is 26.4 Å². The number of nitrogens with zero attached hydrogens (tertiary/aromatic N) is 1. The van der Waals surface area contributed by atoms with Crippen molar-refractivity contribution in [3.05, 3.63) is 28.9 Å². The number of rotatable bonds is 4. The predicted molar refractivity (Wildman–Crippen MR) is 61.8 cm³/mol. The molecular formula is C11H14N2OS. The van der Waals surface area contributed by atoms with E-state index in [-0.39, 0.29) is 0 Å². The molecule has 4 heteroatoms. The number of oxazole rings is 1. The maximum atomic E-state index is 5.40. The summed E-state index contributed by atoms with van der Waals surface area (Å²) in [5, 5.41) is 7.44. The van der Waals surface area contributed by atoms with Crippen molar-refractivity contribution in [2.24, 2.45) is 0 Å². The van der Waals surface area contributed by atoms with E-state index in [4.69, 9.17) is 4.42 Å². The third kappa shape index (κ3) is 2.46. The maximum Gasteiger partial charge on any atom is 0.181 e. The highest BCUT2D eigenvalue weighted by Gasteiger charge is 2.10. The van der Waals surface area contributed by atoms with Gasteiger partial charge in [0.2, 0.25) is 0 Å². The summed E-state index contributed by atoms with van der Waals surface area (Å²) < 4.78 is 5.40. The second kappa shape index (κ2) is 4.59. The summed E-state index contributed by atoms with van der Waals surface area (Å²) in [6.45, 7) is 4.98. The average molecular weight is 222 g/mol. The molecule has 0 aliphatic rings. The monoisotopic (exact) mass is 222 g/mol. The van der Waals surface area contributed by atoms with Crippen LogP contribution in [0.5, 0.6) is 0 Å². The molecule has 2 heterocycles. The molecule has 80 valence electrons. The van der Waals surface area contributed by atoms with E-state index in [0.717, 1.165) is 23.6 Å². The standard InChI is InChI=1S/C11H14N2OS/c1-8(2)12-5-10-11(14-7-13-10)9-3-4-15-6-9/h3-4,6-8,12H,5H2,1-2H3. The summed E-state index contributed by atoms with van der Waals surface area (Å²) in [6.07, 6.45) is 1.50. The van der Waals surface area contributed by atoms with Gasteiger partial charge in [0.05, 0.1) is 0 Å². The quantitative estimate of drug-likeness (QED) is 0.864. The molecule has 0 aliphatic heterocycles. The van der Waals surface area contributed by atoms with Gasteiger partial charge in [-0.2, -0.15) is 11.3 Å². The van der Waals surface area contributed by atoms with Crippen molar-refractivity contribution in [3.63, 3.8) is 0 Å². The van der Waals surface area contributed by atoms with Gasteiger partial charge >= 0.3 is 0 Å². The van der Waals surface area contributed by atoms with E-state index >= 15 is 0 Å². The third-order valence-corrected chi connectivity index (χ3v) is 2.79. The molecule has 2 rings (SSSR count). The molecule has 0 spiro atoms. The van der Waals surface area contributed by atoms with Crippen LogP contribution in [0.25, 0.3) is 11.3 Å². The average Bonchev–Trinajstić information content (AvgIpc) is 2.85. The molecule has 0 aliphatic carbocycles. The van der Waals surface area contributed by atoms with Gasteiger partial charge in [0.25, 0.3) is 0 Å². The molecule has 1 N–H and O–H groups in total. The Labute approximate surface area is 93.2 Å². The van der Waals surface area contributed by atoms with Crippen LogP contribution in [-0.2, 0) is 6.54 Å². The maximum absolute atomic E-state index is 5.40. The Bertz CT molecular complexity index is 406. The zero-order valence-corrected chi connectivity index (χ0v) is 9.67. The smallest absolute Gasteiger partial charge is 0.181 e. The molecule has 0 aromatic carbocycles. The van der Waals surface area contributed by atoms with Crippen LogP contribution in [0.2, 0.25) is 0 Å². The summed E-state index contributed by atoms with van der Waals surface area (Å²) in [5.41, 5.74) is 2.08. The molecule has 0 unspecified atom stereocenters. The zero-order chi connectivity index (χ0) is 10.7. The summed E-state index contributed by atoms with van der Waals surface area (Å²) in [7, 11) is 0. The largest absolute Gasteiger partial charge is 0.443 e. The van der Waals surface area contributed by atoms with Gasteiger partial charge in [-0.25, -0.2) is 4.98 Å². The van der Waals surface area contributed by atoms with E-state index in [1.165, 1.54) is 6.39 Å². The molecule has 2 aromatic heterocycles. The highest BCUT2D eigenvalue weighted by atomic mass is 32.1. The first-order chi connectivity index (χ1) is 7.27. The van der Waals surface area contributed by atoms with Crippen molar-refractivity contribution in [1.82, 2.24) is 10.3 Å². The van der Waals surface area contributed by atoms with Crippen molar-refractivity contribution >= 4 is 11.3 Å². The highest BCUT2D eigenvalue weighted by molar-refractivity contribution is 7.08. The number of nitrogens with one attached hydrogen (secondary N) is 1. The highest BCUT2D eigenvalue weighted by Crippen LogP contribution is 2.25. The minimum absolute atomic E-state index is 0.456. The molecule has 0 saturated heterocycles. The van der Waals surface area contributed by atoms with Crippen LogP contribution in [0.4, 0.5) is 0 Å². The van der Waals surface area contributed by atoms with Crippen LogP contribution in [-0.4, -0.2) is 11.0 Å². The van der Waals surface area contributed by atoms with E-state index in [0.29, 0.717) is 6.04 Å². The van der Waals surface area contributed by atoms with Crippen LogP contribution in [0, 0.1) is 0 Å². The molecule has 0 saturated carbocycles. The van der Waals surface area contributed by atoms with E-state index in [2.05, 4.69) is 29.5 Å². The molecule has 2 aromatic rings. The minimum Gasteiger partial charge on any atom is -0.443 e. The Kier molecular flexibility index (Phi) is 3.18. The minimum atomic E-state index is 0.456. The second-order valence-corrected chi connectivity index (χ2v) is 4.46. The number of hydrogen-bond acceptors (Lipinski definition) is 4. The van der Waals surface area contributed by atoms with E-state index < -0.39 is 0 Å². The fraction of sp³-hybridized carbons (Fsp3) is 0.364. The van der Waals surface area contributed by atoms with Crippen LogP contribution >= 0.6 is 11.3 Å². The van der Waals surface area contributed by atoms with Gasteiger partial charge in [-0.15, -0.1) is 0 Å². The van der Waals surface area contributed by atoms with Crippen LogP contribution < -0.4 is 5.32 Å². The summed E-state index contributed by atoms with van der Waals surface area (Å²) in [6, 6.07) is 2.50. The Morgan fingerprint density at radius 3 is 3.07 bits per heavy atom. The lowest BCUT2D eigenvalue weighted by Crippen LogP contribution is -2.22. The fourth-order valence-electron chi connectivity index (χ4n) is 1.32. The first-order valence-corrected chi connectivity index (χ1v) is 5.90. The normalized spacial score (nSPS) is 11.1. The Balaban J connectivity index is 2.16. The fourth-order valence-corrected chi connectivity index (χ4v) is 1.96. The lowest BCUT2D eigenvalue weighted by molar-refractivity contribution is 0.563. The van der Waals surface area contributed by atoms with Crippen molar-refractivity contribution in [3.8, 4) is 11.3 Å². The Morgan fingerprint density at radius 1 is 1.53 bits per heavy atom. The predicted octanol–water partition coefficient (Wildman–Crippen LogP) is 2.90. The first-order valence-electron chi connectivity index (χ1n) is 4.95. The van der Waals surface area contributed by atoms with Crippen molar-refractivity contribution < 1.29 is 4.42 Å². The van der Waals surface area contributed by atoms with Crippen LogP contribution in [0.15, 0.2) is 27.6 Å². The van der Waals surface area contributed by atoms with Gasteiger partial charge < -0.3 is 9.73 Å². The lowest BCUT2D eigenvalue weighted by Gasteiger charge is -2.06. The van der Waals surface area contributed by atoms with Crippen molar-refractivity contribution in [2.75, 3.05) is 0 Å². The topological polar surface area (TPSA) is 38.1 Å². The van der Waals surface area contributed by atoms with Gasteiger partial charge in [-0.05, 0) is 11.4 Å². The Morgan fingerprint density at radius 2 is 2.40 bits per heavy atom. The SMILES string of the molecule is CC(C)NCc1ncoc1-c1ccsc1. The van der Waals surface area contributed by atoms with Gasteiger partial charge in [-0.3, -0.25) is 0 Å². The molecule has 0 fully saturated rings. The zero-order valence-electron chi connectivity index (χ0n) is 8.86. The van der Waals surface area contributed by atoms with Crippen LogP contribution in [0.3, 0.4) is 0 Å². The van der Waals surface area contributed by atoms with E-state index in [9.17, 15) is 0 Å². The van der Waals surface area contributed by atoms with Gasteiger partial charge in [0.1, 0.15) is 5.69 Å². The molecule has 3 nitrogen and oxygen atoms in total. The lowest BCUT2D eigenvalue weighted by atomic mass is 10.2. The number of aromatic nitrogens is 1. The molecule has 0 amide bonds. The van der Waals surface area contributed by atoms with Gasteiger partial charge in [-0.1, -0.05) is 13.8 Å². The molecule has 0 bridgehead atoms. The summed E-state index contributed by atoms with van der Waals surface area (Å²) in [5.74, 6) is 0.879. The van der Waals surface area contributed by atoms with E-state index in [1.807, 2.05) is 11.4 Å². The number of thiophene rings is 1. The Hall–Kier alpha value is -1.13. The first kappa shape index (κ1) is 10.4. The molecular weight excluding hydrogens is 208 g/mol. The van der Waals surface area contributed by atoms with Crippen molar-refractivity contribution in [1.29, 1.82) is 0 Å². The van der Waals surface area contributed by atoms with E-state index in [1.54, 1.807) is 11.3 Å². The van der Waals surface area contributed by atoms with Gasteiger partial charge in [0, 0.05) is 23.5 Å². The summed E-state index contributed by atoms with van der Waals surface area (Å²) >= 11 is 1.66. The summed E-state index contributed by atoms with van der Waals surface area (Å²) in [4.78, 5) is 4.22. The number of hydrogen-bond donors (Lipinski definition) is 1.